The van der Waals surface area contributed by atoms with E-state index in [1.807, 2.05) is 0 Å². The zero-order valence-electron chi connectivity index (χ0n) is 43.8. The van der Waals surface area contributed by atoms with E-state index >= 15 is 0 Å². The van der Waals surface area contributed by atoms with Crippen LogP contribution >= 0.6 is 0 Å². The number of nitrogens with zero attached hydrogens (tertiary/aromatic N) is 4. The predicted molar refractivity (Wildman–Crippen MR) is 296 cm³/mol. The van der Waals surface area contributed by atoms with Crippen LogP contribution in [0, 0.1) is 95.8 Å². The van der Waals surface area contributed by atoms with E-state index in [4.69, 9.17) is 0 Å². The average Bonchev–Trinajstić information content (AvgIpc) is 3.59. The summed E-state index contributed by atoms with van der Waals surface area (Å²) in [7, 11) is -10.2. The molecular formula is C53H48N8O18S2. The smallest absolute Gasteiger partial charge is 0.318 e. The fourth-order valence-electron chi connectivity index (χ4n) is 9.52. The first-order valence-corrected chi connectivity index (χ1v) is 26.6. The number of benzene rings is 7. The van der Waals surface area contributed by atoms with Gasteiger partial charge in [-0.2, -0.15) is 16.8 Å². The molecule has 7 rings (SSSR count). The maximum atomic E-state index is 13.6. The zero-order valence-corrected chi connectivity index (χ0v) is 45.5. The van der Waals surface area contributed by atoms with Crippen LogP contribution in [0.4, 0.5) is 56.9 Å². The van der Waals surface area contributed by atoms with Crippen molar-refractivity contribution < 1.29 is 65.4 Å². The van der Waals surface area contributed by atoms with Gasteiger partial charge in [0.05, 0.1) is 52.7 Å². The van der Waals surface area contributed by atoms with E-state index in [1.165, 1.54) is 0 Å². The summed E-state index contributed by atoms with van der Waals surface area (Å²) in [5.41, 5.74) is 2.14. The Morgan fingerprint density at radius 1 is 0.469 bits per heavy atom. The van der Waals surface area contributed by atoms with Crippen LogP contribution < -0.4 is 21.3 Å². The number of phenolic OH excluding ortho intramolecular Hbond substituents is 2. The van der Waals surface area contributed by atoms with E-state index in [1.54, 1.807) is 104 Å². The van der Waals surface area contributed by atoms with Gasteiger partial charge in [-0.15, -0.1) is 0 Å². The lowest BCUT2D eigenvalue weighted by atomic mass is 9.83. The third kappa shape index (κ3) is 11.9. The van der Waals surface area contributed by atoms with Crippen molar-refractivity contribution in [2.24, 2.45) is 0 Å². The van der Waals surface area contributed by atoms with E-state index < -0.39 is 113 Å². The standard InChI is InChI=1S/C53H48N8O18S2/c1-24-17-32(9-13-40(24)54-46-26(3)15-28(5)48(30(46)7)56-52(64)38-19-34(58(66)67)21-42(50(38)62)60(70)71)45(37-12-11-36(80(74,75)76)23-44(37)81(77,78)79)33-10-14-41(25(2)18-33)55-47-27(4)16-29(6)49(31(47)8)57-53(65)39-20-35(59(68)69)22-43(51(39)63)61(72)73/h9-23,45,54-55,62-63H,1-8H3,(H,56,64)(H,57,65)(H,74,75,76)(H,77,78,79). The molecule has 0 radical (unpaired) electrons. The molecule has 0 aliphatic carbocycles. The monoisotopic (exact) mass is 1150 g/mol. The van der Waals surface area contributed by atoms with Crippen molar-refractivity contribution in [2.75, 3.05) is 21.3 Å². The second-order valence-electron chi connectivity index (χ2n) is 18.9. The van der Waals surface area contributed by atoms with Crippen LogP contribution in [0.15, 0.2) is 101 Å². The zero-order chi connectivity index (χ0) is 60.1. The van der Waals surface area contributed by atoms with Crippen molar-refractivity contribution in [1.29, 1.82) is 0 Å². The van der Waals surface area contributed by atoms with E-state index in [-0.39, 0.29) is 16.9 Å². The highest BCUT2D eigenvalue weighted by molar-refractivity contribution is 7.86. The number of carbonyl (C=O) groups is 2. The summed E-state index contributed by atoms with van der Waals surface area (Å²) in [6, 6.07) is 18.6. The van der Waals surface area contributed by atoms with Gasteiger partial charge >= 0.3 is 11.4 Å². The quantitative estimate of drug-likeness (QED) is 0.0182. The number of carbonyl (C=O) groups excluding carboxylic acids is 2. The number of non-ortho nitro benzene ring substituents is 2. The van der Waals surface area contributed by atoms with Gasteiger partial charge in [-0.1, -0.05) is 42.5 Å². The van der Waals surface area contributed by atoms with Gasteiger partial charge in [-0.05, 0) is 141 Å². The molecule has 26 nitrogen and oxygen atoms in total. The summed E-state index contributed by atoms with van der Waals surface area (Å²) in [5, 5.41) is 79.6. The molecule has 420 valence electrons. The van der Waals surface area contributed by atoms with Crippen LogP contribution in [0.1, 0.15) is 87.8 Å². The van der Waals surface area contributed by atoms with Gasteiger partial charge in [0.2, 0.25) is 11.5 Å². The maximum Gasteiger partial charge on any atom is 0.318 e. The van der Waals surface area contributed by atoms with Crippen molar-refractivity contribution >= 4 is 88.9 Å². The fraction of sp³-hybridized carbons (Fsp3) is 0.170. The van der Waals surface area contributed by atoms with Crippen LogP contribution in [0.2, 0.25) is 0 Å². The van der Waals surface area contributed by atoms with Crippen LogP contribution in [0.5, 0.6) is 11.5 Å². The van der Waals surface area contributed by atoms with Crippen LogP contribution in [0.3, 0.4) is 0 Å². The normalized spacial score (nSPS) is 11.5. The number of nitro groups is 4. The summed E-state index contributed by atoms with van der Waals surface area (Å²) in [6.45, 7) is 13.6. The minimum atomic E-state index is -5.22. The Bertz CT molecular complexity index is 3940. The van der Waals surface area contributed by atoms with Gasteiger partial charge in [0.1, 0.15) is 0 Å². The molecule has 7 aromatic carbocycles. The van der Waals surface area contributed by atoms with Gasteiger partial charge in [0.15, 0.2) is 0 Å². The third-order valence-electron chi connectivity index (χ3n) is 13.4. The molecule has 7 aromatic rings. The van der Waals surface area contributed by atoms with Crippen molar-refractivity contribution in [3.63, 3.8) is 0 Å². The number of nitro benzene ring substituents is 4. The van der Waals surface area contributed by atoms with Crippen LogP contribution in [-0.4, -0.2) is 67.7 Å². The van der Waals surface area contributed by atoms with Gasteiger partial charge in [0, 0.05) is 52.2 Å². The molecule has 28 heteroatoms. The number of phenols is 2. The lowest BCUT2D eigenvalue weighted by molar-refractivity contribution is -0.395. The van der Waals surface area contributed by atoms with Crippen LogP contribution in [0.25, 0.3) is 0 Å². The highest BCUT2D eigenvalue weighted by Gasteiger charge is 2.32. The van der Waals surface area contributed by atoms with Crippen molar-refractivity contribution in [3.8, 4) is 11.5 Å². The number of nitrogens with one attached hydrogen (secondary N) is 4. The molecule has 0 saturated carbocycles. The summed E-state index contributed by atoms with van der Waals surface area (Å²) in [5.74, 6) is -5.45. The SMILES string of the molecule is Cc1cc(C(c2ccc(Nc3c(C)cc(C)c(NC(=O)c4cc([N+](=O)[O-])cc([N+](=O)[O-])c4O)c3C)c(C)c2)c2ccc(S(=O)(=O)O)cc2S(=O)(=O)O)ccc1Nc1c(C)cc(C)c(NC(=O)c2cc([N+](=O)[O-])cc([N+](=O)[O-])c2O)c1C. The molecule has 0 aliphatic heterocycles. The number of rotatable bonds is 17. The summed E-state index contributed by atoms with van der Waals surface area (Å²) < 4.78 is 71.4. The highest BCUT2D eigenvalue weighted by atomic mass is 32.2. The summed E-state index contributed by atoms with van der Waals surface area (Å²) in [4.78, 5) is 67.9. The molecule has 2 amide bonds. The molecule has 81 heavy (non-hydrogen) atoms. The van der Waals surface area contributed by atoms with E-state index in [0.29, 0.717) is 109 Å². The van der Waals surface area contributed by atoms with Gasteiger partial charge in [0.25, 0.3) is 43.4 Å². The first-order valence-electron chi connectivity index (χ1n) is 23.7. The van der Waals surface area contributed by atoms with Crippen molar-refractivity contribution in [1.82, 2.24) is 0 Å². The average molecular weight is 1150 g/mol. The molecular weight excluding hydrogens is 1100 g/mol. The fourth-order valence-corrected chi connectivity index (χ4v) is 10.9. The number of amides is 2. The molecule has 8 N–H and O–H groups in total. The predicted octanol–water partition coefficient (Wildman–Crippen LogP) is 10.9. The third-order valence-corrected chi connectivity index (χ3v) is 15.2. The molecule has 0 heterocycles. The highest BCUT2D eigenvalue weighted by Crippen LogP contribution is 2.43. The lowest BCUT2D eigenvalue weighted by Gasteiger charge is -2.25. The minimum absolute atomic E-state index is 0.110. The number of aryl methyl sites for hydroxylation is 6. The topological polar surface area (TPSA) is 404 Å². The van der Waals surface area contributed by atoms with Crippen molar-refractivity contribution in [3.05, 3.63) is 204 Å². The number of aromatic hydroxyl groups is 2. The molecule has 0 saturated heterocycles. The number of anilines is 6. The molecule has 0 atom stereocenters. The molecule has 0 unspecified atom stereocenters. The molecule has 0 spiro atoms. The molecule has 0 fully saturated rings. The largest absolute Gasteiger partial charge is 0.502 e. The lowest BCUT2D eigenvalue weighted by Crippen LogP contribution is -2.16. The minimum Gasteiger partial charge on any atom is -0.502 e. The Morgan fingerprint density at radius 3 is 1.19 bits per heavy atom. The first kappa shape index (κ1) is 58.8. The summed E-state index contributed by atoms with van der Waals surface area (Å²) >= 11 is 0. The number of hydrogen-bond acceptors (Lipinski definition) is 18. The second kappa shape index (κ2) is 22.1. The van der Waals surface area contributed by atoms with E-state index in [0.717, 1.165) is 12.1 Å². The number of hydrogen-bond donors (Lipinski definition) is 8. The second-order valence-corrected chi connectivity index (χ2v) is 21.7. The van der Waals surface area contributed by atoms with E-state index in [9.17, 15) is 86.2 Å². The van der Waals surface area contributed by atoms with E-state index in [2.05, 4.69) is 21.3 Å². The Morgan fingerprint density at radius 2 is 0.852 bits per heavy atom. The van der Waals surface area contributed by atoms with Gasteiger partial charge < -0.3 is 31.5 Å². The Hall–Kier alpha value is -9.90. The summed E-state index contributed by atoms with van der Waals surface area (Å²) in [6.07, 6.45) is 0. The Kier molecular flexibility index (Phi) is 16.0. The molecule has 0 aliphatic rings. The molecule has 0 bridgehead atoms. The maximum absolute atomic E-state index is 13.6. The Labute approximate surface area is 460 Å². The first-order chi connectivity index (χ1) is 37.7. The van der Waals surface area contributed by atoms with Gasteiger partial charge in [-0.25, -0.2) is 0 Å². The van der Waals surface area contributed by atoms with Crippen molar-refractivity contribution in [2.45, 2.75) is 71.1 Å². The van der Waals surface area contributed by atoms with Gasteiger partial charge in [-0.3, -0.25) is 59.2 Å². The Balaban J connectivity index is 1.28. The molecule has 0 aromatic heterocycles. The van der Waals surface area contributed by atoms with Crippen LogP contribution in [-0.2, 0) is 20.2 Å².